The van der Waals surface area contributed by atoms with Crippen molar-refractivity contribution in [2.75, 3.05) is 10.2 Å². The van der Waals surface area contributed by atoms with E-state index in [9.17, 15) is 0 Å². The summed E-state index contributed by atoms with van der Waals surface area (Å²) in [6.45, 7) is 4.59. The third kappa shape index (κ3) is 4.91. The van der Waals surface area contributed by atoms with Crippen molar-refractivity contribution in [3.8, 4) is 0 Å². The van der Waals surface area contributed by atoms with Crippen LogP contribution in [0.25, 0.3) is 0 Å². The Morgan fingerprint density at radius 3 is 2.46 bits per heavy atom. The SMILES string of the molecule is CC.Clc1ccccc1N1C2=CC(=NC3CC3)C(Nc3cccnc3)=CC2=NCc2ccccc21. The van der Waals surface area contributed by atoms with Crippen molar-refractivity contribution in [1.82, 2.24) is 4.98 Å². The molecule has 0 atom stereocenters. The zero-order valence-corrected chi connectivity index (χ0v) is 20.7. The molecule has 0 bridgehead atoms. The molecule has 6 rings (SSSR count). The lowest BCUT2D eigenvalue weighted by molar-refractivity contribution is 1.06. The van der Waals surface area contributed by atoms with Crippen LogP contribution in [-0.2, 0) is 6.54 Å². The number of hydrogen-bond acceptors (Lipinski definition) is 5. The summed E-state index contributed by atoms with van der Waals surface area (Å²) in [5, 5.41) is 4.20. The fraction of sp³-hybridized carbons (Fsp3) is 0.207. The maximum Gasteiger partial charge on any atom is 0.0841 e. The average molecular weight is 482 g/mol. The van der Waals surface area contributed by atoms with Gasteiger partial charge in [-0.2, -0.15) is 0 Å². The van der Waals surface area contributed by atoms with Crippen LogP contribution in [-0.4, -0.2) is 22.4 Å². The van der Waals surface area contributed by atoms with E-state index in [1.807, 2.05) is 56.4 Å². The number of allylic oxidation sites excluding steroid dienone is 2. The molecule has 1 aromatic heterocycles. The number of fused-ring (bicyclic) bond motifs is 2. The lowest BCUT2D eigenvalue weighted by Gasteiger charge is -2.30. The normalized spacial score (nSPS) is 17.6. The van der Waals surface area contributed by atoms with E-state index in [0.29, 0.717) is 17.6 Å². The quantitative estimate of drug-likeness (QED) is 0.396. The van der Waals surface area contributed by atoms with Crippen molar-refractivity contribution in [1.29, 1.82) is 0 Å². The first-order valence-corrected chi connectivity index (χ1v) is 12.5. The Morgan fingerprint density at radius 2 is 1.71 bits per heavy atom. The molecule has 2 heterocycles. The van der Waals surface area contributed by atoms with Crippen LogP contribution in [0, 0.1) is 0 Å². The summed E-state index contributed by atoms with van der Waals surface area (Å²) < 4.78 is 0. The summed E-state index contributed by atoms with van der Waals surface area (Å²) >= 11 is 6.70. The van der Waals surface area contributed by atoms with Gasteiger partial charge in [-0.3, -0.25) is 15.0 Å². The third-order valence-corrected chi connectivity index (χ3v) is 6.21. The van der Waals surface area contributed by atoms with Gasteiger partial charge in [0.1, 0.15) is 0 Å². The Bertz CT molecular complexity index is 1340. The monoisotopic (exact) mass is 481 g/mol. The number of benzene rings is 2. The highest BCUT2D eigenvalue weighted by Gasteiger charge is 2.30. The number of aromatic nitrogens is 1. The van der Waals surface area contributed by atoms with E-state index in [0.717, 1.165) is 58.3 Å². The number of hydrogen-bond donors (Lipinski definition) is 1. The highest BCUT2D eigenvalue weighted by atomic mass is 35.5. The van der Waals surface area contributed by atoms with Crippen LogP contribution in [0.2, 0.25) is 5.02 Å². The summed E-state index contributed by atoms with van der Waals surface area (Å²) in [7, 11) is 0. The van der Waals surface area contributed by atoms with Crippen molar-refractivity contribution < 1.29 is 0 Å². The van der Waals surface area contributed by atoms with Gasteiger partial charge >= 0.3 is 0 Å². The fourth-order valence-electron chi connectivity index (χ4n) is 4.13. The Kier molecular flexibility index (Phi) is 6.77. The number of pyridine rings is 1. The summed E-state index contributed by atoms with van der Waals surface area (Å²) in [5.41, 5.74) is 7.81. The second-order valence-electron chi connectivity index (χ2n) is 8.32. The number of rotatable bonds is 4. The van der Waals surface area contributed by atoms with Gasteiger partial charge in [-0.25, -0.2) is 0 Å². The zero-order valence-electron chi connectivity index (χ0n) is 19.9. The van der Waals surface area contributed by atoms with E-state index in [2.05, 4.69) is 51.6 Å². The molecule has 1 aliphatic heterocycles. The van der Waals surface area contributed by atoms with Crippen LogP contribution < -0.4 is 10.2 Å². The lowest BCUT2D eigenvalue weighted by atomic mass is 10.0. The van der Waals surface area contributed by atoms with Gasteiger partial charge in [0.2, 0.25) is 0 Å². The molecule has 0 saturated heterocycles. The first kappa shape index (κ1) is 23.1. The molecule has 0 unspecified atom stereocenters. The molecule has 6 heteroatoms. The number of anilines is 3. The maximum absolute atomic E-state index is 6.70. The van der Waals surface area contributed by atoms with Gasteiger partial charge in [0.05, 0.1) is 63.7 Å². The van der Waals surface area contributed by atoms with E-state index < -0.39 is 0 Å². The molecular weight excluding hydrogens is 454 g/mol. The first-order chi connectivity index (χ1) is 17.3. The van der Waals surface area contributed by atoms with Gasteiger partial charge < -0.3 is 10.2 Å². The minimum absolute atomic E-state index is 0.376. The Morgan fingerprint density at radius 1 is 0.943 bits per heavy atom. The fourth-order valence-corrected chi connectivity index (χ4v) is 4.35. The van der Waals surface area contributed by atoms with Crippen LogP contribution in [0.1, 0.15) is 32.3 Å². The topological polar surface area (TPSA) is 52.9 Å². The van der Waals surface area contributed by atoms with E-state index in [4.69, 9.17) is 21.6 Å². The van der Waals surface area contributed by atoms with E-state index >= 15 is 0 Å². The van der Waals surface area contributed by atoms with Crippen molar-refractivity contribution >= 4 is 40.1 Å². The van der Waals surface area contributed by atoms with Crippen LogP contribution in [0.5, 0.6) is 0 Å². The second-order valence-corrected chi connectivity index (χ2v) is 8.72. The number of nitrogens with zero attached hydrogens (tertiary/aromatic N) is 4. The van der Waals surface area contributed by atoms with Crippen molar-refractivity contribution in [3.05, 3.63) is 107 Å². The summed E-state index contributed by atoms with van der Waals surface area (Å²) in [4.78, 5) is 16.5. The molecule has 0 spiro atoms. The van der Waals surface area contributed by atoms with Gasteiger partial charge in [0, 0.05) is 6.20 Å². The smallest absolute Gasteiger partial charge is 0.0841 e. The molecule has 0 amide bonds. The Labute approximate surface area is 211 Å². The molecular formula is C29H28ClN5. The molecule has 5 nitrogen and oxygen atoms in total. The summed E-state index contributed by atoms with van der Waals surface area (Å²) in [6, 6.07) is 20.6. The highest BCUT2D eigenvalue weighted by molar-refractivity contribution is 6.34. The van der Waals surface area contributed by atoms with Crippen LogP contribution in [0.3, 0.4) is 0 Å². The second kappa shape index (κ2) is 10.3. The van der Waals surface area contributed by atoms with Crippen LogP contribution in [0.15, 0.2) is 107 Å². The number of para-hydroxylation sites is 2. The molecule has 2 aliphatic carbocycles. The Balaban J connectivity index is 0.00000124. The number of halogens is 1. The molecule has 3 aliphatic rings. The molecule has 1 N–H and O–H groups in total. The maximum atomic E-state index is 6.70. The van der Waals surface area contributed by atoms with Gasteiger partial charge in [0.25, 0.3) is 0 Å². The zero-order chi connectivity index (χ0) is 24.2. The van der Waals surface area contributed by atoms with E-state index in [1.54, 1.807) is 6.20 Å². The average Bonchev–Trinajstić information content (AvgIpc) is 3.73. The van der Waals surface area contributed by atoms with Gasteiger partial charge in [-0.05, 0) is 60.9 Å². The first-order valence-electron chi connectivity index (χ1n) is 12.1. The molecule has 35 heavy (non-hydrogen) atoms. The summed E-state index contributed by atoms with van der Waals surface area (Å²) in [6.07, 6.45) is 10.1. The predicted octanol–water partition coefficient (Wildman–Crippen LogP) is 7.35. The number of nitrogens with one attached hydrogen (secondary N) is 1. The largest absolute Gasteiger partial charge is 0.352 e. The van der Waals surface area contributed by atoms with Crippen molar-refractivity contribution in [3.63, 3.8) is 0 Å². The Hall–Kier alpha value is -3.70. The number of aliphatic imine (C=N–C) groups is 2. The summed E-state index contributed by atoms with van der Waals surface area (Å²) in [5.74, 6) is 0. The minimum Gasteiger partial charge on any atom is -0.352 e. The molecule has 0 radical (unpaired) electrons. The van der Waals surface area contributed by atoms with Crippen LogP contribution >= 0.6 is 11.6 Å². The highest BCUT2D eigenvalue weighted by Crippen LogP contribution is 2.40. The van der Waals surface area contributed by atoms with Gasteiger partial charge in [-0.1, -0.05) is 55.8 Å². The molecule has 176 valence electrons. The third-order valence-electron chi connectivity index (χ3n) is 5.89. The molecule has 2 aromatic carbocycles. The minimum atomic E-state index is 0.376. The standard InChI is InChI=1S/C27H22ClN5.C2H6/c28-21-8-2-4-10-26(21)33-25-9-3-1-6-18(25)16-30-24-14-22(32-20-7-5-13-29-17-20)23(15-27(24)33)31-19-11-12-19;1-2/h1-10,13-15,17,19,32H,11-12,16H2;1-2H3. The molecule has 1 fully saturated rings. The van der Waals surface area contributed by atoms with E-state index in [1.165, 1.54) is 0 Å². The predicted molar refractivity (Wildman–Crippen MR) is 147 cm³/mol. The molecule has 1 saturated carbocycles. The van der Waals surface area contributed by atoms with E-state index in [-0.39, 0.29) is 0 Å². The lowest BCUT2D eigenvalue weighted by Crippen LogP contribution is -2.28. The van der Waals surface area contributed by atoms with Crippen molar-refractivity contribution in [2.45, 2.75) is 39.3 Å². The van der Waals surface area contributed by atoms with Crippen molar-refractivity contribution in [2.24, 2.45) is 9.98 Å². The van der Waals surface area contributed by atoms with Crippen LogP contribution in [0.4, 0.5) is 17.1 Å². The van der Waals surface area contributed by atoms with Gasteiger partial charge in [-0.15, -0.1) is 0 Å². The van der Waals surface area contributed by atoms with Gasteiger partial charge in [0.15, 0.2) is 0 Å². The molecule has 3 aromatic rings.